The predicted molar refractivity (Wildman–Crippen MR) is 43.1 cm³/mol. The Labute approximate surface area is 62.8 Å². The molecule has 0 unspecified atom stereocenters. The lowest BCUT2D eigenvalue weighted by molar-refractivity contribution is 0.286. The SMILES string of the molecule is CCNCCNCCCO. The molecule has 0 bridgehead atoms. The average molecular weight is 146 g/mol. The van der Waals surface area contributed by atoms with Gasteiger partial charge in [-0.05, 0) is 19.5 Å². The molecule has 0 aliphatic carbocycles. The Morgan fingerprint density at radius 1 is 1.10 bits per heavy atom. The molecule has 62 valence electrons. The predicted octanol–water partition coefficient (Wildman–Crippen LogP) is -0.432. The van der Waals surface area contributed by atoms with E-state index < -0.39 is 0 Å². The van der Waals surface area contributed by atoms with Gasteiger partial charge in [-0.3, -0.25) is 0 Å². The summed E-state index contributed by atoms with van der Waals surface area (Å²) in [4.78, 5) is 0. The lowest BCUT2D eigenvalue weighted by Crippen LogP contribution is -2.27. The molecule has 3 nitrogen and oxygen atoms in total. The molecule has 0 radical (unpaired) electrons. The van der Waals surface area contributed by atoms with Crippen molar-refractivity contribution >= 4 is 0 Å². The van der Waals surface area contributed by atoms with Crippen molar-refractivity contribution in [1.29, 1.82) is 0 Å². The molecule has 0 amide bonds. The molecule has 0 fully saturated rings. The highest BCUT2D eigenvalue weighted by Crippen LogP contribution is 1.69. The van der Waals surface area contributed by atoms with Crippen LogP contribution in [0.1, 0.15) is 13.3 Å². The third kappa shape index (κ3) is 7.88. The Balaban J connectivity index is 2.65. The summed E-state index contributed by atoms with van der Waals surface area (Å²) in [6, 6.07) is 0. The maximum Gasteiger partial charge on any atom is 0.0443 e. The number of rotatable bonds is 7. The first-order chi connectivity index (χ1) is 4.91. The van der Waals surface area contributed by atoms with E-state index in [0.717, 1.165) is 32.6 Å². The Bertz CT molecular complexity index is 51.6. The minimum atomic E-state index is 0.286. The highest BCUT2D eigenvalue weighted by Gasteiger charge is 1.84. The van der Waals surface area contributed by atoms with Gasteiger partial charge in [0.05, 0.1) is 0 Å². The molecule has 0 saturated heterocycles. The van der Waals surface area contributed by atoms with Crippen LogP contribution in [0.2, 0.25) is 0 Å². The molecule has 0 spiro atoms. The highest BCUT2D eigenvalue weighted by molar-refractivity contribution is 4.49. The van der Waals surface area contributed by atoms with Crippen LogP contribution in [0.3, 0.4) is 0 Å². The van der Waals surface area contributed by atoms with E-state index in [1.807, 2.05) is 0 Å². The first-order valence-corrected chi connectivity index (χ1v) is 3.94. The van der Waals surface area contributed by atoms with Crippen molar-refractivity contribution in [1.82, 2.24) is 10.6 Å². The number of nitrogens with one attached hydrogen (secondary N) is 2. The molecule has 0 aromatic rings. The molecule has 0 rings (SSSR count). The van der Waals surface area contributed by atoms with E-state index in [2.05, 4.69) is 17.6 Å². The fourth-order valence-corrected chi connectivity index (χ4v) is 0.683. The van der Waals surface area contributed by atoms with Crippen molar-refractivity contribution in [3.8, 4) is 0 Å². The van der Waals surface area contributed by atoms with Gasteiger partial charge in [0.1, 0.15) is 0 Å². The van der Waals surface area contributed by atoms with Gasteiger partial charge < -0.3 is 15.7 Å². The molecule has 0 aromatic heterocycles. The number of hydrogen-bond acceptors (Lipinski definition) is 3. The molecular weight excluding hydrogens is 128 g/mol. The third-order valence-electron chi connectivity index (χ3n) is 1.24. The van der Waals surface area contributed by atoms with Gasteiger partial charge in [-0.25, -0.2) is 0 Å². The molecule has 3 heteroatoms. The molecule has 10 heavy (non-hydrogen) atoms. The van der Waals surface area contributed by atoms with Crippen molar-refractivity contribution in [2.75, 3.05) is 32.8 Å². The van der Waals surface area contributed by atoms with E-state index >= 15 is 0 Å². The molecular formula is C7H18N2O. The molecule has 3 N–H and O–H groups in total. The van der Waals surface area contributed by atoms with Gasteiger partial charge in [-0.2, -0.15) is 0 Å². The lowest BCUT2D eigenvalue weighted by atomic mass is 10.4. The summed E-state index contributed by atoms with van der Waals surface area (Å²) in [6.07, 6.45) is 0.853. The van der Waals surface area contributed by atoms with Crippen molar-refractivity contribution in [2.24, 2.45) is 0 Å². The lowest BCUT2D eigenvalue weighted by Gasteiger charge is -2.02. The summed E-state index contributed by atoms with van der Waals surface area (Å²) in [5.74, 6) is 0. The Morgan fingerprint density at radius 2 is 1.80 bits per heavy atom. The third-order valence-corrected chi connectivity index (χ3v) is 1.24. The van der Waals surface area contributed by atoms with Crippen LogP contribution in [0.4, 0.5) is 0 Å². The zero-order chi connectivity index (χ0) is 7.66. The van der Waals surface area contributed by atoms with Crippen LogP contribution in [0.5, 0.6) is 0 Å². The Kier molecular flexibility index (Phi) is 8.77. The Morgan fingerprint density at radius 3 is 2.40 bits per heavy atom. The van der Waals surface area contributed by atoms with Crippen molar-refractivity contribution in [3.63, 3.8) is 0 Å². The van der Waals surface area contributed by atoms with E-state index in [-0.39, 0.29) is 6.61 Å². The smallest absolute Gasteiger partial charge is 0.0443 e. The van der Waals surface area contributed by atoms with Crippen LogP contribution in [0.15, 0.2) is 0 Å². The molecule has 0 aliphatic heterocycles. The fourth-order valence-electron chi connectivity index (χ4n) is 0.683. The van der Waals surface area contributed by atoms with E-state index in [1.54, 1.807) is 0 Å². The zero-order valence-electron chi connectivity index (χ0n) is 6.69. The normalized spacial score (nSPS) is 10.2. The summed E-state index contributed by atoms with van der Waals surface area (Å²) in [5, 5.41) is 14.8. The van der Waals surface area contributed by atoms with Gasteiger partial charge in [0.15, 0.2) is 0 Å². The maximum atomic E-state index is 8.41. The quantitative estimate of drug-likeness (QED) is 0.427. The minimum Gasteiger partial charge on any atom is -0.396 e. The summed E-state index contributed by atoms with van der Waals surface area (Å²) < 4.78 is 0. The minimum absolute atomic E-state index is 0.286. The van der Waals surface area contributed by atoms with Crippen molar-refractivity contribution in [2.45, 2.75) is 13.3 Å². The average Bonchev–Trinajstić information content (AvgIpc) is 1.97. The van der Waals surface area contributed by atoms with Crippen molar-refractivity contribution in [3.05, 3.63) is 0 Å². The summed E-state index contributed by atoms with van der Waals surface area (Å²) in [5.41, 5.74) is 0. The summed E-state index contributed by atoms with van der Waals surface area (Å²) in [7, 11) is 0. The van der Waals surface area contributed by atoms with Crippen LogP contribution in [0, 0.1) is 0 Å². The van der Waals surface area contributed by atoms with Gasteiger partial charge in [0, 0.05) is 19.7 Å². The second-order valence-corrected chi connectivity index (χ2v) is 2.18. The van der Waals surface area contributed by atoms with Gasteiger partial charge in [-0.1, -0.05) is 6.92 Å². The topological polar surface area (TPSA) is 44.3 Å². The number of hydrogen-bond donors (Lipinski definition) is 3. The van der Waals surface area contributed by atoms with Crippen LogP contribution < -0.4 is 10.6 Å². The molecule has 0 heterocycles. The number of likely N-dealkylation sites (N-methyl/N-ethyl adjacent to an activating group) is 1. The number of aliphatic hydroxyl groups is 1. The second kappa shape index (κ2) is 8.88. The van der Waals surface area contributed by atoms with E-state index in [1.165, 1.54) is 0 Å². The standard InChI is InChI=1S/C7H18N2O/c1-2-8-5-6-9-4-3-7-10/h8-10H,2-7H2,1H3. The second-order valence-electron chi connectivity index (χ2n) is 2.18. The largest absolute Gasteiger partial charge is 0.396 e. The number of aliphatic hydroxyl groups excluding tert-OH is 1. The van der Waals surface area contributed by atoms with Crippen LogP contribution in [-0.4, -0.2) is 37.9 Å². The molecule has 0 aliphatic rings. The van der Waals surface area contributed by atoms with E-state index in [9.17, 15) is 0 Å². The van der Waals surface area contributed by atoms with Crippen molar-refractivity contribution < 1.29 is 5.11 Å². The first kappa shape index (κ1) is 9.88. The zero-order valence-corrected chi connectivity index (χ0v) is 6.69. The van der Waals surface area contributed by atoms with Gasteiger partial charge in [-0.15, -0.1) is 0 Å². The molecule has 0 saturated carbocycles. The highest BCUT2D eigenvalue weighted by atomic mass is 16.3. The van der Waals surface area contributed by atoms with Gasteiger partial charge in [0.2, 0.25) is 0 Å². The molecule has 0 atom stereocenters. The van der Waals surface area contributed by atoms with E-state index in [4.69, 9.17) is 5.11 Å². The van der Waals surface area contributed by atoms with Crippen LogP contribution in [0.25, 0.3) is 0 Å². The van der Waals surface area contributed by atoms with Crippen LogP contribution >= 0.6 is 0 Å². The monoisotopic (exact) mass is 146 g/mol. The summed E-state index contributed by atoms with van der Waals surface area (Å²) in [6.45, 7) is 6.33. The first-order valence-electron chi connectivity index (χ1n) is 3.94. The summed E-state index contributed by atoms with van der Waals surface area (Å²) >= 11 is 0. The van der Waals surface area contributed by atoms with Crippen LogP contribution in [-0.2, 0) is 0 Å². The van der Waals surface area contributed by atoms with Gasteiger partial charge in [0.25, 0.3) is 0 Å². The van der Waals surface area contributed by atoms with E-state index in [0.29, 0.717) is 0 Å². The molecule has 0 aromatic carbocycles. The fraction of sp³-hybridized carbons (Fsp3) is 1.00. The Hall–Kier alpha value is -0.120. The van der Waals surface area contributed by atoms with Gasteiger partial charge >= 0.3 is 0 Å². The maximum absolute atomic E-state index is 8.41.